The van der Waals surface area contributed by atoms with E-state index in [1.54, 1.807) is 12.1 Å². The number of benzene rings is 2. The molecular weight excluding hydrogens is 313 g/mol. The van der Waals surface area contributed by atoms with Crippen molar-refractivity contribution < 1.29 is 9.13 Å². The highest BCUT2D eigenvalue weighted by Gasteiger charge is 2.15. The summed E-state index contributed by atoms with van der Waals surface area (Å²) in [5.74, 6) is 0.247. The molecule has 2 nitrogen and oxygen atoms in total. The van der Waals surface area contributed by atoms with E-state index in [1.165, 1.54) is 11.6 Å². The summed E-state index contributed by atoms with van der Waals surface area (Å²) < 4.78 is 19.3. The van der Waals surface area contributed by atoms with E-state index in [0.717, 1.165) is 24.9 Å². The van der Waals surface area contributed by atoms with Gasteiger partial charge in [0.15, 0.2) is 0 Å². The van der Waals surface area contributed by atoms with Crippen molar-refractivity contribution in [1.82, 2.24) is 5.32 Å². The van der Waals surface area contributed by atoms with E-state index < -0.39 is 0 Å². The Morgan fingerprint density at radius 2 is 1.72 bits per heavy atom. The zero-order valence-corrected chi connectivity index (χ0v) is 15.6. The van der Waals surface area contributed by atoms with Crippen LogP contribution in [0.5, 0.6) is 0 Å². The van der Waals surface area contributed by atoms with Crippen molar-refractivity contribution in [3.63, 3.8) is 0 Å². The summed E-state index contributed by atoms with van der Waals surface area (Å²) in [6.07, 6.45) is 1.81. The minimum Gasteiger partial charge on any atom is -0.377 e. The Kier molecular flexibility index (Phi) is 7.60. The quantitative estimate of drug-likeness (QED) is 0.648. The molecule has 0 aliphatic carbocycles. The van der Waals surface area contributed by atoms with Gasteiger partial charge in [0.05, 0.1) is 6.61 Å². The largest absolute Gasteiger partial charge is 0.377 e. The molecule has 3 heteroatoms. The van der Waals surface area contributed by atoms with Crippen LogP contribution in [0.4, 0.5) is 4.39 Å². The van der Waals surface area contributed by atoms with Gasteiger partial charge in [-0.2, -0.15) is 0 Å². The Morgan fingerprint density at radius 1 is 1.00 bits per heavy atom. The molecule has 0 spiro atoms. The third-order valence-corrected chi connectivity index (χ3v) is 4.12. The first-order chi connectivity index (χ1) is 11.9. The molecule has 0 aromatic heterocycles. The number of rotatable bonds is 9. The summed E-state index contributed by atoms with van der Waals surface area (Å²) in [6, 6.07) is 17.1. The third-order valence-electron chi connectivity index (χ3n) is 4.12. The maximum absolute atomic E-state index is 13.4. The summed E-state index contributed by atoms with van der Waals surface area (Å²) in [7, 11) is 0. The van der Waals surface area contributed by atoms with Gasteiger partial charge in [0, 0.05) is 12.1 Å². The van der Waals surface area contributed by atoms with Gasteiger partial charge in [-0.1, -0.05) is 42.5 Å². The Labute approximate surface area is 151 Å². The maximum atomic E-state index is 13.4. The SMILES string of the molecule is CC(C)(C)NCC(CCOCc1ccccc1)Cc1cccc(F)c1. The summed E-state index contributed by atoms with van der Waals surface area (Å²) in [5, 5.41) is 3.57. The molecule has 0 bridgehead atoms. The molecule has 0 saturated heterocycles. The molecule has 2 aromatic rings. The van der Waals surface area contributed by atoms with Crippen molar-refractivity contribution in [3.8, 4) is 0 Å². The predicted octanol–water partition coefficient (Wildman–Crippen LogP) is 4.98. The van der Waals surface area contributed by atoms with Crippen LogP contribution in [-0.4, -0.2) is 18.7 Å². The second-order valence-electron chi connectivity index (χ2n) is 7.66. The van der Waals surface area contributed by atoms with E-state index in [1.807, 2.05) is 24.3 Å². The fraction of sp³-hybridized carbons (Fsp3) is 0.455. The smallest absolute Gasteiger partial charge is 0.123 e. The average Bonchev–Trinajstić information content (AvgIpc) is 2.56. The van der Waals surface area contributed by atoms with Crippen LogP contribution >= 0.6 is 0 Å². The minimum atomic E-state index is -0.166. The number of halogens is 1. The second-order valence-corrected chi connectivity index (χ2v) is 7.66. The molecule has 1 unspecified atom stereocenters. The Balaban J connectivity index is 1.85. The lowest BCUT2D eigenvalue weighted by atomic mass is 9.95. The van der Waals surface area contributed by atoms with Crippen LogP contribution < -0.4 is 5.32 Å². The first-order valence-electron chi connectivity index (χ1n) is 9.03. The van der Waals surface area contributed by atoms with Crippen molar-refractivity contribution in [2.75, 3.05) is 13.2 Å². The van der Waals surface area contributed by atoms with Crippen LogP contribution in [0.1, 0.15) is 38.3 Å². The number of nitrogens with one attached hydrogen (secondary N) is 1. The molecular formula is C22H30FNO. The first-order valence-corrected chi connectivity index (χ1v) is 9.03. The fourth-order valence-corrected chi connectivity index (χ4v) is 2.74. The average molecular weight is 343 g/mol. The zero-order valence-electron chi connectivity index (χ0n) is 15.6. The van der Waals surface area contributed by atoms with Gasteiger partial charge < -0.3 is 10.1 Å². The van der Waals surface area contributed by atoms with Crippen molar-refractivity contribution in [3.05, 3.63) is 71.5 Å². The highest BCUT2D eigenvalue weighted by molar-refractivity contribution is 5.17. The molecule has 0 heterocycles. The zero-order chi connectivity index (χ0) is 18.1. The standard InChI is InChI=1S/C22H30FNO/c1-22(2,3)24-16-20(14-19-10-7-11-21(23)15-19)12-13-25-17-18-8-5-4-6-9-18/h4-11,15,20,24H,12-14,16-17H2,1-3H3. The van der Waals surface area contributed by atoms with Gasteiger partial charge in [-0.05, 0) is 69.3 Å². The first kappa shape index (κ1) is 19.6. The van der Waals surface area contributed by atoms with Gasteiger partial charge in [-0.15, -0.1) is 0 Å². The van der Waals surface area contributed by atoms with Crippen molar-refractivity contribution in [2.45, 2.75) is 45.8 Å². The lowest BCUT2D eigenvalue weighted by Crippen LogP contribution is -2.39. The van der Waals surface area contributed by atoms with Crippen molar-refractivity contribution in [2.24, 2.45) is 5.92 Å². The maximum Gasteiger partial charge on any atom is 0.123 e. The van der Waals surface area contributed by atoms with Gasteiger partial charge >= 0.3 is 0 Å². The summed E-state index contributed by atoms with van der Waals surface area (Å²) in [5.41, 5.74) is 2.31. The second kappa shape index (κ2) is 9.69. The van der Waals surface area contributed by atoms with Crippen LogP contribution in [-0.2, 0) is 17.8 Å². The molecule has 1 atom stereocenters. The molecule has 2 aromatic carbocycles. The topological polar surface area (TPSA) is 21.3 Å². The van der Waals surface area contributed by atoms with Crippen LogP contribution in [0.25, 0.3) is 0 Å². The summed E-state index contributed by atoms with van der Waals surface area (Å²) in [4.78, 5) is 0. The van der Waals surface area contributed by atoms with Gasteiger partial charge in [0.25, 0.3) is 0 Å². The highest BCUT2D eigenvalue weighted by Crippen LogP contribution is 2.15. The van der Waals surface area contributed by atoms with Crippen LogP contribution in [0.3, 0.4) is 0 Å². The Morgan fingerprint density at radius 3 is 2.40 bits per heavy atom. The Hall–Kier alpha value is -1.71. The predicted molar refractivity (Wildman–Crippen MR) is 102 cm³/mol. The highest BCUT2D eigenvalue weighted by atomic mass is 19.1. The molecule has 0 fully saturated rings. The summed E-state index contributed by atoms with van der Waals surface area (Å²) >= 11 is 0. The fourth-order valence-electron chi connectivity index (χ4n) is 2.74. The van der Waals surface area contributed by atoms with Gasteiger partial charge in [-0.25, -0.2) is 4.39 Å². The van der Waals surface area contributed by atoms with E-state index in [0.29, 0.717) is 19.1 Å². The van der Waals surface area contributed by atoms with E-state index in [9.17, 15) is 4.39 Å². The van der Waals surface area contributed by atoms with Gasteiger partial charge in [0.1, 0.15) is 5.82 Å². The molecule has 0 aliphatic heterocycles. The lowest BCUT2D eigenvalue weighted by molar-refractivity contribution is 0.106. The summed E-state index contributed by atoms with van der Waals surface area (Å²) in [6.45, 7) is 8.74. The van der Waals surface area contributed by atoms with Crippen LogP contribution in [0.2, 0.25) is 0 Å². The van der Waals surface area contributed by atoms with E-state index in [-0.39, 0.29) is 11.4 Å². The molecule has 1 N–H and O–H groups in total. The van der Waals surface area contributed by atoms with E-state index >= 15 is 0 Å². The third kappa shape index (κ3) is 8.28. The van der Waals surface area contributed by atoms with Gasteiger partial charge in [-0.3, -0.25) is 0 Å². The lowest BCUT2D eigenvalue weighted by Gasteiger charge is -2.25. The van der Waals surface area contributed by atoms with Crippen LogP contribution in [0.15, 0.2) is 54.6 Å². The molecule has 136 valence electrons. The van der Waals surface area contributed by atoms with E-state index in [4.69, 9.17) is 4.74 Å². The molecule has 0 saturated carbocycles. The molecule has 0 aliphatic rings. The van der Waals surface area contributed by atoms with Crippen LogP contribution in [0, 0.1) is 11.7 Å². The number of ether oxygens (including phenoxy) is 1. The normalized spacial score (nSPS) is 13.0. The number of hydrogen-bond acceptors (Lipinski definition) is 2. The molecule has 2 rings (SSSR count). The molecule has 0 amide bonds. The molecule has 25 heavy (non-hydrogen) atoms. The number of hydrogen-bond donors (Lipinski definition) is 1. The minimum absolute atomic E-state index is 0.0745. The van der Waals surface area contributed by atoms with E-state index in [2.05, 4.69) is 38.2 Å². The Bertz CT molecular complexity index is 621. The van der Waals surface area contributed by atoms with Crippen molar-refractivity contribution >= 4 is 0 Å². The van der Waals surface area contributed by atoms with Crippen molar-refractivity contribution in [1.29, 1.82) is 0 Å². The van der Waals surface area contributed by atoms with Gasteiger partial charge in [0.2, 0.25) is 0 Å². The molecule has 0 radical (unpaired) electrons. The monoisotopic (exact) mass is 343 g/mol.